The first-order valence-electron chi connectivity index (χ1n) is 23.9. The van der Waals surface area contributed by atoms with Crippen molar-refractivity contribution < 1.29 is 4.42 Å². The van der Waals surface area contributed by atoms with Gasteiger partial charge in [0.05, 0.1) is 0 Å². The van der Waals surface area contributed by atoms with E-state index in [9.17, 15) is 0 Å². The maximum atomic E-state index is 6.64. The summed E-state index contributed by atoms with van der Waals surface area (Å²) >= 11 is 0. The molecule has 0 radical (unpaired) electrons. The molecule has 9 rings (SSSR count). The third-order valence-electron chi connectivity index (χ3n) is 16.9. The number of nitrogens with zero attached hydrogens (tertiary/aromatic N) is 1. The number of hydrogen-bond donors (Lipinski definition) is 0. The maximum Gasteiger partial charge on any atom is 0.143 e. The van der Waals surface area contributed by atoms with Crippen molar-refractivity contribution >= 4 is 289 Å². The fourth-order valence-corrected chi connectivity index (χ4v) is 11.7. The van der Waals surface area contributed by atoms with Gasteiger partial charge in [-0.25, -0.2) is 0 Å². The highest BCUT2D eigenvalue weighted by molar-refractivity contribution is 6.73. The van der Waals surface area contributed by atoms with Crippen LogP contribution in [0.5, 0.6) is 0 Å². The Morgan fingerprint density at radius 2 is 0.712 bits per heavy atom. The molecule has 1 heterocycles. The fourth-order valence-electron chi connectivity index (χ4n) is 11.7. The standard InChI is InChI=1S/C46H49B18NO/c47-26-22(27(48)35(56)38(59)34(26)55)24-30(51)40(61)44(41(62)31(24)52)65(45-42(63)32(53)25(33(54)43(45)64)23-28(49)36(57)39(60)37(58)29(23)50)16-11-8-15(9-12-16)17-6-3-7-20-21(17)19-13-10-14-4-1-2-5-18(14)46(19)66-20/h1-13H,47-64H2. The van der Waals surface area contributed by atoms with E-state index < -0.39 is 0 Å². The molecule has 0 unspecified atom stereocenters. The summed E-state index contributed by atoms with van der Waals surface area (Å²) in [6.07, 6.45) is 0. The molecule has 298 valence electrons. The lowest BCUT2D eigenvalue weighted by atomic mass is 9.56. The van der Waals surface area contributed by atoms with Crippen LogP contribution in [0.4, 0.5) is 17.1 Å². The molecular formula is C46H49B18NO. The van der Waals surface area contributed by atoms with Gasteiger partial charge < -0.3 is 9.32 Å². The summed E-state index contributed by atoms with van der Waals surface area (Å²) in [7, 11) is 41.9. The van der Waals surface area contributed by atoms with E-state index in [1.165, 1.54) is 148 Å². The van der Waals surface area contributed by atoms with Gasteiger partial charge in [-0.15, -0.1) is 32.8 Å². The van der Waals surface area contributed by atoms with Crippen LogP contribution in [0.1, 0.15) is 0 Å². The second kappa shape index (κ2) is 16.8. The first kappa shape index (κ1) is 45.9. The van der Waals surface area contributed by atoms with E-state index >= 15 is 0 Å². The SMILES string of the molecule is Bc1c(B)c(B)c(-c2c(B)c(B)c(N(c3ccc(-c4cccc5oc6c7ccccc7ccc6c45)cc3)c3c(B)c(B)c(-c4c(B)c(B)c(B)c(B)c4B)c(B)c3B)c(B)c2B)c(B)c1B. The average Bonchev–Trinajstić information content (AvgIpc) is 3.71. The number of furan rings is 1. The Hall–Kier alpha value is -5.21. The highest BCUT2D eigenvalue weighted by Gasteiger charge is 2.29. The lowest BCUT2D eigenvalue weighted by Gasteiger charge is -2.37. The molecule has 8 aromatic carbocycles. The van der Waals surface area contributed by atoms with Gasteiger partial charge in [0.1, 0.15) is 152 Å². The Morgan fingerprint density at radius 1 is 0.318 bits per heavy atom. The molecule has 20 heteroatoms. The van der Waals surface area contributed by atoms with Gasteiger partial charge in [0.2, 0.25) is 0 Å². The minimum atomic E-state index is 0.910. The molecule has 1 aromatic heterocycles. The Bertz CT molecular complexity index is 3330. The Morgan fingerprint density at radius 3 is 1.15 bits per heavy atom. The molecule has 2 nitrogen and oxygen atoms in total. The molecule has 0 N–H and O–H groups in total. The van der Waals surface area contributed by atoms with Crippen LogP contribution in [0.15, 0.2) is 83.3 Å². The van der Waals surface area contributed by atoms with Crippen molar-refractivity contribution in [3.8, 4) is 33.4 Å². The number of hydrogen-bond acceptors (Lipinski definition) is 2. The van der Waals surface area contributed by atoms with E-state index in [2.05, 4.69) is 225 Å². The summed E-state index contributed by atoms with van der Waals surface area (Å²) < 4.78 is 6.64. The predicted molar refractivity (Wildman–Crippen MR) is 349 cm³/mol. The number of fused-ring (bicyclic) bond motifs is 5. The van der Waals surface area contributed by atoms with E-state index in [0.717, 1.165) is 33.0 Å². The van der Waals surface area contributed by atoms with Crippen LogP contribution < -0.4 is 103 Å². The molecule has 0 spiro atoms. The topological polar surface area (TPSA) is 16.4 Å². The zero-order valence-electron chi connectivity index (χ0n) is 42.9. The van der Waals surface area contributed by atoms with Crippen LogP contribution >= 0.6 is 0 Å². The maximum absolute atomic E-state index is 6.64. The van der Waals surface area contributed by atoms with Crippen LogP contribution in [-0.4, -0.2) is 141 Å². The molecule has 0 saturated heterocycles. The second-order valence-electron chi connectivity index (χ2n) is 19.8. The van der Waals surface area contributed by atoms with E-state index in [-0.39, 0.29) is 0 Å². The van der Waals surface area contributed by atoms with E-state index in [0.29, 0.717) is 0 Å². The molecule has 0 amide bonds. The molecular weight excluding hydrogens is 777 g/mol. The van der Waals surface area contributed by atoms with Crippen LogP contribution in [0.3, 0.4) is 0 Å². The van der Waals surface area contributed by atoms with Crippen molar-refractivity contribution in [1.29, 1.82) is 0 Å². The summed E-state index contributed by atoms with van der Waals surface area (Å²) in [5, 5.41) is 4.63. The molecule has 9 aromatic rings. The van der Waals surface area contributed by atoms with Crippen LogP contribution in [-0.2, 0) is 0 Å². The van der Waals surface area contributed by atoms with E-state index in [4.69, 9.17) is 4.42 Å². The molecule has 0 fully saturated rings. The van der Waals surface area contributed by atoms with Gasteiger partial charge in [-0.3, -0.25) is 0 Å². The number of benzene rings is 8. The van der Waals surface area contributed by atoms with Crippen molar-refractivity contribution in [2.24, 2.45) is 0 Å². The van der Waals surface area contributed by atoms with Crippen LogP contribution in [0.25, 0.3) is 66.1 Å². The Balaban J connectivity index is 1.31. The molecule has 0 atom stereocenters. The van der Waals surface area contributed by atoms with Crippen LogP contribution in [0.2, 0.25) is 0 Å². The van der Waals surface area contributed by atoms with Crippen molar-refractivity contribution in [3.63, 3.8) is 0 Å². The third kappa shape index (κ3) is 6.73. The molecule has 66 heavy (non-hydrogen) atoms. The summed E-state index contributed by atoms with van der Waals surface area (Å²) in [5.41, 5.74) is 37.9. The van der Waals surface area contributed by atoms with Gasteiger partial charge in [-0.1, -0.05) is 120 Å². The molecule has 0 saturated carbocycles. The summed E-state index contributed by atoms with van der Waals surface area (Å²) in [6, 6.07) is 28.8. The predicted octanol–water partition coefficient (Wildman–Crippen LogP) is -18.1. The molecule has 0 bridgehead atoms. The summed E-state index contributed by atoms with van der Waals surface area (Å²) in [4.78, 5) is 2.61. The quantitative estimate of drug-likeness (QED) is 0.155. The van der Waals surface area contributed by atoms with Gasteiger partial charge >= 0.3 is 0 Å². The first-order valence-corrected chi connectivity index (χ1v) is 23.9. The van der Waals surface area contributed by atoms with Gasteiger partial charge in [-0.2, -0.15) is 0 Å². The van der Waals surface area contributed by atoms with Crippen molar-refractivity contribution in [1.82, 2.24) is 0 Å². The van der Waals surface area contributed by atoms with Gasteiger partial charge in [0, 0.05) is 33.2 Å². The molecule has 0 aliphatic rings. The zero-order valence-corrected chi connectivity index (χ0v) is 42.9. The third-order valence-corrected chi connectivity index (χ3v) is 16.9. The number of anilines is 3. The average molecular weight is 827 g/mol. The number of rotatable bonds is 6. The van der Waals surface area contributed by atoms with Crippen LogP contribution in [0, 0.1) is 0 Å². The monoisotopic (exact) mass is 830 g/mol. The zero-order chi connectivity index (χ0) is 47.5. The smallest absolute Gasteiger partial charge is 0.143 e. The highest BCUT2D eigenvalue weighted by Crippen LogP contribution is 2.40. The highest BCUT2D eigenvalue weighted by atomic mass is 16.3. The van der Waals surface area contributed by atoms with Gasteiger partial charge in [0.15, 0.2) is 0 Å². The molecule has 0 aliphatic carbocycles. The summed E-state index contributed by atoms with van der Waals surface area (Å²) in [6.45, 7) is 0. The first-order chi connectivity index (χ1) is 31.3. The fraction of sp³-hybridized carbons (Fsp3) is 0. The van der Waals surface area contributed by atoms with E-state index in [1.54, 1.807) is 0 Å². The minimum Gasteiger partial charge on any atom is -0.455 e. The lowest BCUT2D eigenvalue weighted by Crippen LogP contribution is -2.57. The summed E-state index contributed by atoms with van der Waals surface area (Å²) in [5.74, 6) is 0. The lowest BCUT2D eigenvalue weighted by molar-refractivity contribution is 0.673. The minimum absolute atomic E-state index is 0.910. The molecule has 0 aliphatic heterocycles. The van der Waals surface area contributed by atoms with Crippen molar-refractivity contribution in [2.75, 3.05) is 4.90 Å². The second-order valence-corrected chi connectivity index (χ2v) is 19.8. The van der Waals surface area contributed by atoms with E-state index in [1.807, 2.05) is 0 Å². The van der Waals surface area contributed by atoms with Gasteiger partial charge in [0.25, 0.3) is 0 Å². The normalized spacial score (nSPS) is 11.5. The van der Waals surface area contributed by atoms with Crippen molar-refractivity contribution in [2.45, 2.75) is 0 Å². The largest absolute Gasteiger partial charge is 0.455 e. The Labute approximate surface area is 408 Å². The van der Waals surface area contributed by atoms with Crippen molar-refractivity contribution in [3.05, 3.63) is 78.9 Å². The van der Waals surface area contributed by atoms with Gasteiger partial charge in [-0.05, 0) is 63.0 Å². The Kier molecular flexibility index (Phi) is 11.7.